The van der Waals surface area contributed by atoms with Gasteiger partial charge in [-0.3, -0.25) is 19.6 Å². The SMILES string of the molecule is CC(C)Cc1nc2c(c(-c3ccc4[nH]c(=O)oc4c3)c1C(N)=O)C(=O)N[C@@]2(C)CC1CC1. The molecule has 4 N–H and O–H groups in total. The van der Waals surface area contributed by atoms with Crippen molar-refractivity contribution in [3.63, 3.8) is 0 Å². The molecule has 5 rings (SSSR count). The summed E-state index contributed by atoms with van der Waals surface area (Å²) in [4.78, 5) is 45.1. The van der Waals surface area contributed by atoms with Crippen LogP contribution >= 0.6 is 0 Å². The molecular formula is C24H26N4O4. The third-order valence-electron chi connectivity index (χ3n) is 6.36. The van der Waals surface area contributed by atoms with E-state index in [-0.39, 0.29) is 17.4 Å². The van der Waals surface area contributed by atoms with E-state index in [9.17, 15) is 14.4 Å². The lowest BCUT2D eigenvalue weighted by molar-refractivity contribution is 0.0929. The minimum absolute atomic E-state index is 0.233. The number of aromatic nitrogens is 2. The highest BCUT2D eigenvalue weighted by molar-refractivity contribution is 6.12. The summed E-state index contributed by atoms with van der Waals surface area (Å²) in [5, 5.41) is 3.13. The van der Waals surface area contributed by atoms with Crippen molar-refractivity contribution in [1.82, 2.24) is 15.3 Å². The van der Waals surface area contributed by atoms with Gasteiger partial charge in [0, 0.05) is 5.56 Å². The standard InChI is InChI=1S/C24H26N4O4/c1-11(2)8-15-18(21(25)29)17(13-6-7-14-16(9-13)32-23(31)27-14)19-20(26-15)24(3,28-22(19)30)10-12-4-5-12/h6-7,9,11-12H,4-5,8,10H2,1-3H3,(H2,25,29)(H,27,31)(H,28,30)/t24-/m0/s1. The Bertz CT molecular complexity index is 1330. The van der Waals surface area contributed by atoms with Gasteiger partial charge >= 0.3 is 5.76 Å². The molecule has 8 nitrogen and oxygen atoms in total. The second-order valence-corrected chi connectivity index (χ2v) is 9.65. The number of oxazole rings is 1. The Labute approximate surface area is 184 Å². The molecule has 2 aliphatic rings. The zero-order chi connectivity index (χ0) is 22.8. The molecule has 166 valence electrons. The quantitative estimate of drug-likeness (QED) is 0.548. The van der Waals surface area contributed by atoms with Gasteiger partial charge in [-0.05, 0) is 49.3 Å². The van der Waals surface area contributed by atoms with Gasteiger partial charge in [0.1, 0.15) is 0 Å². The van der Waals surface area contributed by atoms with Gasteiger partial charge in [-0.15, -0.1) is 0 Å². The van der Waals surface area contributed by atoms with E-state index in [1.165, 1.54) is 0 Å². The summed E-state index contributed by atoms with van der Waals surface area (Å²) < 4.78 is 5.23. The molecule has 0 unspecified atom stereocenters. The molecule has 0 spiro atoms. The molecule has 1 aliphatic heterocycles. The van der Waals surface area contributed by atoms with Crippen molar-refractivity contribution < 1.29 is 14.0 Å². The van der Waals surface area contributed by atoms with Crippen molar-refractivity contribution >= 4 is 22.9 Å². The molecule has 1 aliphatic carbocycles. The summed E-state index contributed by atoms with van der Waals surface area (Å²) in [6.07, 6.45) is 3.65. The number of carbonyl (C=O) groups is 2. The lowest BCUT2D eigenvalue weighted by Gasteiger charge is -2.26. The number of hydrogen-bond donors (Lipinski definition) is 3. The highest BCUT2D eigenvalue weighted by atomic mass is 16.4. The van der Waals surface area contributed by atoms with E-state index in [0.29, 0.717) is 51.5 Å². The van der Waals surface area contributed by atoms with Gasteiger partial charge in [0.25, 0.3) is 11.8 Å². The smallest absolute Gasteiger partial charge is 0.408 e. The van der Waals surface area contributed by atoms with E-state index in [0.717, 1.165) is 19.3 Å². The normalized spacial score (nSPS) is 20.1. The number of amides is 2. The predicted molar refractivity (Wildman–Crippen MR) is 119 cm³/mol. The topological polar surface area (TPSA) is 131 Å². The molecule has 2 amide bonds. The first-order valence-electron chi connectivity index (χ1n) is 11.0. The predicted octanol–water partition coefficient (Wildman–Crippen LogP) is 3.24. The number of nitrogens with zero attached hydrogens (tertiary/aromatic N) is 1. The molecule has 32 heavy (non-hydrogen) atoms. The molecule has 0 saturated heterocycles. The molecule has 1 aromatic carbocycles. The van der Waals surface area contributed by atoms with E-state index in [1.54, 1.807) is 18.2 Å². The molecule has 1 atom stereocenters. The number of pyridine rings is 1. The lowest BCUT2D eigenvalue weighted by Crippen LogP contribution is -2.37. The molecule has 1 fully saturated rings. The average Bonchev–Trinajstić information content (AvgIpc) is 3.36. The summed E-state index contributed by atoms with van der Waals surface area (Å²) in [5.41, 5.74) is 9.07. The fraction of sp³-hybridized carbons (Fsp3) is 0.417. The summed E-state index contributed by atoms with van der Waals surface area (Å²) >= 11 is 0. The fourth-order valence-electron chi connectivity index (χ4n) is 4.86. The van der Waals surface area contributed by atoms with Crippen LogP contribution in [0.3, 0.4) is 0 Å². The Hall–Kier alpha value is -3.42. The third-order valence-corrected chi connectivity index (χ3v) is 6.36. The van der Waals surface area contributed by atoms with Crippen LogP contribution in [0, 0.1) is 11.8 Å². The van der Waals surface area contributed by atoms with Crippen LogP contribution in [-0.4, -0.2) is 21.8 Å². The largest absolute Gasteiger partial charge is 0.417 e. The highest BCUT2D eigenvalue weighted by Gasteiger charge is 2.46. The molecule has 0 radical (unpaired) electrons. The van der Waals surface area contributed by atoms with Crippen LogP contribution in [-0.2, 0) is 12.0 Å². The first-order chi connectivity index (χ1) is 15.2. The number of benzene rings is 1. The van der Waals surface area contributed by atoms with E-state index in [1.807, 2.05) is 20.8 Å². The maximum Gasteiger partial charge on any atom is 0.417 e. The summed E-state index contributed by atoms with van der Waals surface area (Å²) in [7, 11) is 0. The number of nitrogens with one attached hydrogen (secondary N) is 2. The number of primary amides is 1. The summed E-state index contributed by atoms with van der Waals surface area (Å²) in [6, 6.07) is 5.13. The van der Waals surface area contributed by atoms with Gasteiger partial charge in [0.2, 0.25) is 0 Å². The zero-order valence-electron chi connectivity index (χ0n) is 18.4. The average molecular weight is 434 g/mol. The number of carbonyl (C=O) groups excluding carboxylic acids is 2. The number of hydrogen-bond acceptors (Lipinski definition) is 5. The zero-order valence-corrected chi connectivity index (χ0v) is 18.4. The van der Waals surface area contributed by atoms with E-state index in [4.69, 9.17) is 15.1 Å². The molecular weight excluding hydrogens is 408 g/mol. The van der Waals surface area contributed by atoms with Crippen LogP contribution in [0.1, 0.15) is 72.1 Å². The van der Waals surface area contributed by atoms with Crippen LogP contribution in [0.15, 0.2) is 27.4 Å². The Morgan fingerprint density at radius 2 is 2.03 bits per heavy atom. The van der Waals surface area contributed by atoms with Crippen molar-refractivity contribution in [3.05, 3.63) is 51.3 Å². The van der Waals surface area contributed by atoms with Crippen LogP contribution in [0.2, 0.25) is 0 Å². The van der Waals surface area contributed by atoms with Gasteiger partial charge in [0.05, 0.1) is 33.6 Å². The Balaban J connectivity index is 1.82. The number of fused-ring (bicyclic) bond motifs is 2. The monoisotopic (exact) mass is 434 g/mol. The van der Waals surface area contributed by atoms with E-state index in [2.05, 4.69) is 10.3 Å². The second kappa shape index (κ2) is 7.05. The van der Waals surface area contributed by atoms with Crippen LogP contribution < -0.4 is 16.8 Å². The van der Waals surface area contributed by atoms with Crippen molar-refractivity contribution in [3.8, 4) is 11.1 Å². The molecule has 3 heterocycles. The minimum Gasteiger partial charge on any atom is -0.408 e. The fourth-order valence-corrected chi connectivity index (χ4v) is 4.86. The first kappa shape index (κ1) is 20.5. The molecule has 1 saturated carbocycles. The maximum atomic E-state index is 13.3. The van der Waals surface area contributed by atoms with Gasteiger partial charge in [-0.25, -0.2) is 4.79 Å². The van der Waals surface area contributed by atoms with Gasteiger partial charge in [-0.2, -0.15) is 0 Å². The Kier molecular flexibility index (Phi) is 4.51. The first-order valence-corrected chi connectivity index (χ1v) is 11.0. The highest BCUT2D eigenvalue weighted by Crippen LogP contribution is 2.46. The lowest BCUT2D eigenvalue weighted by atomic mass is 9.85. The summed E-state index contributed by atoms with van der Waals surface area (Å²) in [5.74, 6) is -0.671. The van der Waals surface area contributed by atoms with Crippen molar-refractivity contribution in [1.29, 1.82) is 0 Å². The minimum atomic E-state index is -0.634. The molecule has 0 bridgehead atoms. The van der Waals surface area contributed by atoms with Crippen LogP contribution in [0.5, 0.6) is 0 Å². The number of rotatable bonds is 6. The van der Waals surface area contributed by atoms with Crippen molar-refractivity contribution in [2.75, 3.05) is 0 Å². The van der Waals surface area contributed by atoms with Crippen molar-refractivity contribution in [2.45, 2.75) is 52.0 Å². The summed E-state index contributed by atoms with van der Waals surface area (Å²) in [6.45, 7) is 6.10. The Morgan fingerprint density at radius 1 is 1.28 bits per heavy atom. The van der Waals surface area contributed by atoms with E-state index >= 15 is 0 Å². The molecule has 8 heteroatoms. The van der Waals surface area contributed by atoms with Gasteiger partial charge in [0.15, 0.2) is 5.58 Å². The maximum absolute atomic E-state index is 13.3. The second-order valence-electron chi connectivity index (χ2n) is 9.65. The van der Waals surface area contributed by atoms with Gasteiger partial charge < -0.3 is 15.5 Å². The number of nitrogens with two attached hydrogens (primary N) is 1. The Morgan fingerprint density at radius 3 is 2.69 bits per heavy atom. The van der Waals surface area contributed by atoms with Crippen LogP contribution in [0.25, 0.3) is 22.2 Å². The number of aromatic amines is 1. The molecule has 2 aromatic heterocycles. The third kappa shape index (κ3) is 3.30. The van der Waals surface area contributed by atoms with E-state index < -0.39 is 17.2 Å². The van der Waals surface area contributed by atoms with Crippen molar-refractivity contribution in [2.24, 2.45) is 17.6 Å². The number of H-pyrrole nitrogens is 1. The van der Waals surface area contributed by atoms with Gasteiger partial charge in [-0.1, -0.05) is 32.8 Å². The molecule has 3 aromatic rings. The van der Waals surface area contributed by atoms with Crippen LogP contribution in [0.4, 0.5) is 0 Å².